The van der Waals surface area contributed by atoms with Crippen molar-refractivity contribution in [2.45, 2.75) is 114 Å². The summed E-state index contributed by atoms with van der Waals surface area (Å²) in [6, 6.07) is -1.04. The predicted molar refractivity (Wildman–Crippen MR) is 234 cm³/mol. The largest absolute Gasteiger partial charge is 0.480 e. The fourth-order valence-corrected chi connectivity index (χ4v) is 5.97. The van der Waals surface area contributed by atoms with Crippen molar-refractivity contribution in [2.75, 3.05) is 32.8 Å². The fourth-order valence-electron chi connectivity index (χ4n) is 5.97. The van der Waals surface area contributed by atoms with Crippen molar-refractivity contribution in [1.82, 2.24) is 31.9 Å². The Bertz CT molecular complexity index is 1680. The lowest BCUT2D eigenvalue weighted by molar-refractivity contribution is -0.142. The van der Waals surface area contributed by atoms with Gasteiger partial charge in [-0.3, -0.25) is 38.8 Å². The van der Waals surface area contributed by atoms with Crippen LogP contribution in [0.25, 0.3) is 0 Å². The van der Waals surface area contributed by atoms with Gasteiger partial charge >= 0.3 is 5.97 Å². The molecule has 0 aliphatic rings. The number of hydrogen-bond acceptors (Lipinski definition) is 13. The zero-order chi connectivity index (χ0) is 47.5. The zero-order valence-electron chi connectivity index (χ0n) is 36.0. The van der Waals surface area contributed by atoms with Crippen molar-refractivity contribution in [3.8, 4) is 0 Å². The number of aliphatic hydroxyl groups is 2. The molecule has 0 saturated carbocycles. The predicted octanol–water partition coefficient (Wildman–Crippen LogP) is -5.18. The molecule has 0 heterocycles. The summed E-state index contributed by atoms with van der Waals surface area (Å²) in [5, 5.41) is 44.5. The minimum atomic E-state index is -1.68. The molecule has 1 aromatic rings. The van der Waals surface area contributed by atoms with Crippen molar-refractivity contribution in [3.05, 3.63) is 35.9 Å². The summed E-state index contributed by atoms with van der Waals surface area (Å²) in [6.07, 6.45) is 1.29. The number of nitrogens with one attached hydrogen (secondary N) is 6. The first-order valence-electron chi connectivity index (χ1n) is 20.7. The third kappa shape index (κ3) is 22.5. The maximum absolute atomic E-state index is 14.0. The molecule has 354 valence electrons. The molecule has 0 aliphatic heterocycles. The summed E-state index contributed by atoms with van der Waals surface area (Å²) in [7, 11) is 0. The molecule has 63 heavy (non-hydrogen) atoms. The highest BCUT2D eigenvalue weighted by Crippen LogP contribution is 2.11. The topological polar surface area (TPSA) is 433 Å². The van der Waals surface area contributed by atoms with E-state index in [1.165, 1.54) is 0 Å². The van der Waals surface area contributed by atoms with E-state index in [9.17, 15) is 48.9 Å². The molecule has 7 atom stereocenters. The molecule has 7 unspecified atom stereocenters. The van der Waals surface area contributed by atoms with Gasteiger partial charge in [0.2, 0.25) is 35.4 Å². The molecule has 21 N–H and O–H groups in total. The number of rotatable bonds is 31. The monoisotopic (exact) mass is 893 g/mol. The Morgan fingerprint density at radius 3 is 1.48 bits per heavy atom. The van der Waals surface area contributed by atoms with Crippen LogP contribution in [0.5, 0.6) is 0 Å². The van der Waals surface area contributed by atoms with E-state index in [4.69, 9.17) is 34.4 Å². The van der Waals surface area contributed by atoms with E-state index in [1.807, 2.05) is 0 Å². The number of aliphatic hydroxyl groups excluding tert-OH is 2. The average molecular weight is 893 g/mol. The molecule has 0 aliphatic carbocycles. The van der Waals surface area contributed by atoms with Crippen molar-refractivity contribution < 1.29 is 48.9 Å². The van der Waals surface area contributed by atoms with E-state index in [0.29, 0.717) is 24.9 Å². The van der Waals surface area contributed by atoms with Crippen molar-refractivity contribution in [3.63, 3.8) is 0 Å². The number of carbonyl (C=O) groups is 7. The highest BCUT2D eigenvalue weighted by atomic mass is 16.4. The number of guanidine groups is 2. The van der Waals surface area contributed by atoms with Gasteiger partial charge in [-0.2, -0.15) is 0 Å². The van der Waals surface area contributed by atoms with Gasteiger partial charge in [-0.15, -0.1) is 0 Å². The molecule has 0 aromatic heterocycles. The second-order valence-electron chi connectivity index (χ2n) is 15.2. The third-order valence-corrected chi connectivity index (χ3v) is 9.32. The maximum Gasteiger partial charge on any atom is 0.326 e. The Kier molecular flexibility index (Phi) is 26.2. The smallest absolute Gasteiger partial charge is 0.326 e. The molecule has 0 spiro atoms. The molecular formula is C39H68N14O10. The van der Waals surface area contributed by atoms with Crippen LogP contribution in [0.1, 0.15) is 70.8 Å². The molecule has 0 fully saturated rings. The van der Waals surface area contributed by atoms with Crippen LogP contribution < -0.4 is 66.3 Å². The van der Waals surface area contributed by atoms with E-state index in [2.05, 4.69) is 41.9 Å². The lowest BCUT2D eigenvalue weighted by Crippen LogP contribution is -2.61. The molecule has 6 amide bonds. The molecule has 1 aromatic carbocycles. The number of hydrogen-bond donors (Lipinski definition) is 15. The van der Waals surface area contributed by atoms with Gasteiger partial charge in [0.25, 0.3) is 0 Å². The summed E-state index contributed by atoms with van der Waals surface area (Å²) >= 11 is 0. The second-order valence-corrected chi connectivity index (χ2v) is 15.2. The van der Waals surface area contributed by atoms with Crippen LogP contribution in [0, 0.1) is 5.92 Å². The molecule has 0 saturated heterocycles. The lowest BCUT2D eigenvalue weighted by atomic mass is 10.00. The van der Waals surface area contributed by atoms with Gasteiger partial charge in [-0.05, 0) is 69.4 Å². The molecular weight excluding hydrogens is 825 g/mol. The Labute approximate surface area is 366 Å². The van der Waals surface area contributed by atoms with E-state index in [-0.39, 0.29) is 75.9 Å². The number of carbonyl (C=O) groups excluding carboxylic acids is 6. The van der Waals surface area contributed by atoms with Gasteiger partial charge < -0.3 is 81.6 Å². The number of nitrogens with zero attached hydrogens (tertiary/aromatic N) is 2. The first-order chi connectivity index (χ1) is 29.8. The summed E-state index contributed by atoms with van der Waals surface area (Å²) in [4.78, 5) is 101. The van der Waals surface area contributed by atoms with Gasteiger partial charge in [-0.25, -0.2) is 4.79 Å². The highest BCUT2D eigenvalue weighted by Gasteiger charge is 2.34. The van der Waals surface area contributed by atoms with Crippen LogP contribution in [0.3, 0.4) is 0 Å². The Balaban J connectivity index is 3.41. The Morgan fingerprint density at radius 2 is 1.00 bits per heavy atom. The van der Waals surface area contributed by atoms with E-state index >= 15 is 0 Å². The van der Waals surface area contributed by atoms with Crippen molar-refractivity contribution in [2.24, 2.45) is 50.3 Å². The van der Waals surface area contributed by atoms with Gasteiger partial charge in [0.15, 0.2) is 11.9 Å². The van der Waals surface area contributed by atoms with Crippen LogP contribution in [0.15, 0.2) is 40.3 Å². The third-order valence-electron chi connectivity index (χ3n) is 9.32. The highest BCUT2D eigenvalue weighted by molar-refractivity contribution is 5.97. The number of unbranched alkanes of at least 4 members (excludes halogenated alkanes) is 1. The minimum absolute atomic E-state index is 0.0317. The summed E-state index contributed by atoms with van der Waals surface area (Å²) < 4.78 is 0. The normalized spacial score (nSPS) is 14.3. The molecule has 0 radical (unpaired) electrons. The van der Waals surface area contributed by atoms with Gasteiger partial charge in [0.05, 0.1) is 13.2 Å². The molecule has 1 rings (SSSR count). The maximum atomic E-state index is 14.0. The lowest BCUT2D eigenvalue weighted by Gasteiger charge is -2.27. The van der Waals surface area contributed by atoms with Crippen LogP contribution in [0.4, 0.5) is 0 Å². The number of carboxylic acids is 1. The van der Waals surface area contributed by atoms with Crippen LogP contribution >= 0.6 is 0 Å². The average Bonchev–Trinajstić information content (AvgIpc) is 3.23. The van der Waals surface area contributed by atoms with Crippen LogP contribution in [0.2, 0.25) is 0 Å². The first kappa shape index (κ1) is 54.9. The van der Waals surface area contributed by atoms with E-state index in [0.717, 1.165) is 0 Å². The van der Waals surface area contributed by atoms with Crippen LogP contribution in [-0.4, -0.2) is 144 Å². The standard InChI is InChI=1S/C39H68N14O10/c1-22(2)18-28(34(59)50-27(37(62)63)12-6-7-15-40)51-35(60)29(19-23-10-4-3-5-11-23)52-36(61)30(21-55)53-33(58)26(14-9-17-47-39(44)45)49-32(57)25(13-8-16-46-38(42)43)48-31(56)24(41)20-54/h3-5,10-11,22,24-30,54-55H,6-9,12-21,40-41H2,1-2H3,(H,48,56)(H,49,57)(H,50,59)(H,51,60)(H,52,61)(H,53,58)(H,62,63)(H4,42,43,46)(H4,44,45,47). The minimum Gasteiger partial charge on any atom is -0.480 e. The Hall–Kier alpha value is -6.11. The number of aliphatic carboxylic acids is 1. The van der Waals surface area contributed by atoms with Crippen LogP contribution in [-0.2, 0) is 40.0 Å². The molecule has 0 bridgehead atoms. The number of nitrogens with two attached hydrogens (primary N) is 6. The summed E-state index contributed by atoms with van der Waals surface area (Å²) in [5.74, 6) is -7.06. The number of amides is 6. The number of aliphatic imine (C=N–C) groups is 2. The van der Waals surface area contributed by atoms with Gasteiger partial charge in [0, 0.05) is 19.5 Å². The van der Waals surface area contributed by atoms with E-state index < -0.39 is 96.9 Å². The van der Waals surface area contributed by atoms with Gasteiger partial charge in [0.1, 0.15) is 42.3 Å². The molecule has 24 heteroatoms. The summed E-state index contributed by atoms with van der Waals surface area (Å²) in [6.45, 7) is 2.37. The van der Waals surface area contributed by atoms with Crippen molar-refractivity contribution in [1.29, 1.82) is 0 Å². The number of carboxylic acid groups (broad SMARTS) is 1. The van der Waals surface area contributed by atoms with Gasteiger partial charge in [-0.1, -0.05) is 44.2 Å². The second kappa shape index (κ2) is 30.0. The SMILES string of the molecule is CC(C)CC(NC(=O)C(Cc1ccccc1)NC(=O)C(CO)NC(=O)C(CCCN=C(N)N)NC(=O)C(CCCN=C(N)N)NC(=O)C(N)CO)C(=O)NC(CCCCN)C(=O)O. The Morgan fingerprint density at radius 1 is 0.571 bits per heavy atom. The van der Waals surface area contributed by atoms with E-state index in [1.54, 1.807) is 44.2 Å². The van der Waals surface area contributed by atoms with Crippen molar-refractivity contribution >= 4 is 53.3 Å². The fraction of sp³-hybridized carbons (Fsp3) is 0.615. The zero-order valence-corrected chi connectivity index (χ0v) is 36.0. The summed E-state index contributed by atoms with van der Waals surface area (Å²) in [5.41, 5.74) is 33.4. The number of benzene rings is 1. The molecule has 24 nitrogen and oxygen atoms in total. The first-order valence-corrected chi connectivity index (χ1v) is 20.7. The quantitative estimate of drug-likeness (QED) is 0.0188.